The van der Waals surface area contributed by atoms with E-state index < -0.39 is 9.85 Å². The van der Waals surface area contributed by atoms with Gasteiger partial charge in [0.1, 0.15) is 11.8 Å². The maximum absolute atomic E-state index is 11.1. The van der Waals surface area contributed by atoms with Gasteiger partial charge in [-0.15, -0.1) is 0 Å². The molecule has 0 spiro atoms. The zero-order chi connectivity index (χ0) is 15.8. The number of hydrogen-bond donors (Lipinski definition) is 0. The zero-order valence-electron chi connectivity index (χ0n) is 12.0. The predicted octanol–water partition coefficient (Wildman–Crippen LogP) is -0.462. The molecule has 0 saturated carbocycles. The summed E-state index contributed by atoms with van der Waals surface area (Å²) < 4.78 is 1.41. The molecule has 0 radical (unpaired) electrons. The van der Waals surface area contributed by atoms with Crippen molar-refractivity contribution in [3.8, 4) is 5.69 Å². The first-order valence-electron chi connectivity index (χ1n) is 6.02. The van der Waals surface area contributed by atoms with Crippen molar-refractivity contribution >= 4 is 22.9 Å². The molecule has 0 aliphatic heterocycles. The normalized spacial score (nSPS) is 10.9. The first-order chi connectivity index (χ1) is 9.70. The van der Waals surface area contributed by atoms with Crippen molar-refractivity contribution in [2.24, 2.45) is 0 Å². The van der Waals surface area contributed by atoms with Crippen molar-refractivity contribution in [2.75, 3.05) is 0 Å². The average molecular weight is 345 g/mol. The molecule has 118 valence electrons. The Bertz CT molecular complexity index is 726. The predicted molar refractivity (Wildman–Crippen MR) is 75.7 cm³/mol. The van der Waals surface area contributed by atoms with Gasteiger partial charge in [0.2, 0.25) is 0 Å². The minimum Gasteiger partial charge on any atom is -1.00 e. The van der Waals surface area contributed by atoms with E-state index in [1.165, 1.54) is 27.7 Å². The molecule has 1 aromatic heterocycles. The number of non-ortho nitro benzene ring substituents is 1. The van der Waals surface area contributed by atoms with Crippen molar-refractivity contribution in [1.29, 1.82) is 0 Å². The van der Waals surface area contributed by atoms with Crippen LogP contribution < -0.4 is 16.5 Å². The van der Waals surface area contributed by atoms with E-state index in [1.54, 1.807) is 0 Å². The number of nitrogens with zero attached hydrogens (tertiary/aromatic N) is 4. The lowest BCUT2D eigenvalue weighted by atomic mass is 9.94. The molecule has 0 unspecified atom stereocenters. The van der Waals surface area contributed by atoms with Crippen LogP contribution in [0.5, 0.6) is 0 Å². The van der Waals surface area contributed by atoms with Gasteiger partial charge in [0.25, 0.3) is 5.69 Å². The minimum absolute atomic E-state index is 0. The van der Waals surface area contributed by atoms with Crippen LogP contribution in [0.25, 0.3) is 5.69 Å². The SMILES string of the molecule is CC(C)(C)c1cs[n+](-c2ccc([N+](=O)[O-])cc2[N+](=O)[O-])n1.[Cl-]. The molecule has 0 aliphatic rings. The molecule has 1 aromatic carbocycles. The lowest BCUT2D eigenvalue weighted by Gasteiger charge is -2.10. The number of benzene rings is 1. The standard InChI is InChI=1S/C12H13N4O4S.ClH/c1-12(2,3)11-7-21-14(13-11)9-5-4-8(15(17)18)6-10(9)16(19)20;/h4-7H,1-3H3;1H/q+1;/p-1. The molecule has 0 saturated heterocycles. The fraction of sp³-hybridized carbons (Fsp3) is 0.333. The van der Waals surface area contributed by atoms with E-state index in [0.717, 1.165) is 11.8 Å². The molecule has 2 aromatic rings. The number of aromatic nitrogens is 2. The van der Waals surface area contributed by atoms with Crippen LogP contribution in [0.3, 0.4) is 0 Å². The molecule has 0 fully saturated rings. The van der Waals surface area contributed by atoms with Gasteiger partial charge >= 0.3 is 11.4 Å². The van der Waals surface area contributed by atoms with E-state index in [-0.39, 0.29) is 34.9 Å². The molecule has 0 bridgehead atoms. The molecule has 0 N–H and O–H groups in total. The van der Waals surface area contributed by atoms with Crippen LogP contribution in [0.4, 0.5) is 11.4 Å². The van der Waals surface area contributed by atoms with E-state index in [4.69, 9.17) is 0 Å². The summed E-state index contributed by atoms with van der Waals surface area (Å²) in [5.41, 5.74) is 0.158. The van der Waals surface area contributed by atoms with Crippen molar-refractivity contribution in [1.82, 2.24) is 5.10 Å². The van der Waals surface area contributed by atoms with Crippen LogP contribution in [0.2, 0.25) is 0 Å². The molecular weight excluding hydrogens is 332 g/mol. The highest BCUT2D eigenvalue weighted by molar-refractivity contribution is 6.99. The summed E-state index contributed by atoms with van der Waals surface area (Å²) in [5, 5.41) is 28.0. The first-order valence-corrected chi connectivity index (χ1v) is 6.86. The van der Waals surface area contributed by atoms with E-state index >= 15 is 0 Å². The maximum Gasteiger partial charge on any atom is 0.351 e. The Morgan fingerprint density at radius 2 is 1.82 bits per heavy atom. The van der Waals surface area contributed by atoms with Gasteiger partial charge in [-0.2, -0.15) is 0 Å². The summed E-state index contributed by atoms with van der Waals surface area (Å²) in [6.07, 6.45) is 0. The summed E-state index contributed by atoms with van der Waals surface area (Å²) in [6.45, 7) is 5.95. The van der Waals surface area contributed by atoms with Gasteiger partial charge < -0.3 is 12.4 Å². The van der Waals surface area contributed by atoms with Gasteiger partial charge in [-0.25, -0.2) is 0 Å². The van der Waals surface area contributed by atoms with Crippen molar-refractivity contribution in [3.05, 3.63) is 49.5 Å². The molecule has 1 heterocycles. The maximum atomic E-state index is 11.1. The van der Waals surface area contributed by atoms with Crippen molar-refractivity contribution in [3.63, 3.8) is 0 Å². The van der Waals surface area contributed by atoms with Gasteiger partial charge in [-0.05, 0) is 0 Å². The molecule has 2 rings (SSSR count). The molecular formula is C12H13ClN4O4S. The third kappa shape index (κ3) is 3.55. The lowest BCUT2D eigenvalue weighted by Crippen LogP contribution is -3.00. The third-order valence-electron chi connectivity index (χ3n) is 2.80. The Labute approximate surface area is 136 Å². The highest BCUT2D eigenvalue weighted by Gasteiger charge is 2.31. The highest BCUT2D eigenvalue weighted by atomic mass is 35.5. The fourth-order valence-electron chi connectivity index (χ4n) is 1.62. The topological polar surface area (TPSA) is 103 Å². The lowest BCUT2D eigenvalue weighted by molar-refractivity contribution is -0.594. The highest BCUT2D eigenvalue weighted by Crippen LogP contribution is 2.26. The van der Waals surface area contributed by atoms with Crippen LogP contribution in [0.15, 0.2) is 23.6 Å². The second-order valence-electron chi connectivity index (χ2n) is 5.42. The van der Waals surface area contributed by atoms with E-state index in [0.29, 0.717) is 0 Å². The molecule has 10 heteroatoms. The van der Waals surface area contributed by atoms with E-state index in [1.807, 2.05) is 26.2 Å². The summed E-state index contributed by atoms with van der Waals surface area (Å²) in [5.74, 6) is 0. The van der Waals surface area contributed by atoms with Crippen LogP contribution in [0, 0.1) is 20.2 Å². The molecule has 0 amide bonds. The summed E-state index contributed by atoms with van der Waals surface area (Å²) in [6, 6.07) is 3.51. The Morgan fingerprint density at radius 3 is 2.27 bits per heavy atom. The molecule has 0 aliphatic carbocycles. The number of hydrogen-bond acceptors (Lipinski definition) is 6. The Kier molecular flexibility index (Phi) is 5.15. The number of rotatable bonds is 3. The smallest absolute Gasteiger partial charge is 0.351 e. The van der Waals surface area contributed by atoms with Crippen molar-refractivity contribution in [2.45, 2.75) is 26.2 Å². The van der Waals surface area contributed by atoms with Crippen LogP contribution >= 0.6 is 11.5 Å². The zero-order valence-corrected chi connectivity index (χ0v) is 13.6. The van der Waals surface area contributed by atoms with E-state index in [9.17, 15) is 20.2 Å². The van der Waals surface area contributed by atoms with Crippen LogP contribution in [-0.4, -0.2) is 14.9 Å². The molecule has 8 nitrogen and oxygen atoms in total. The Hall–Kier alpha value is -2.13. The Morgan fingerprint density at radius 1 is 1.18 bits per heavy atom. The largest absolute Gasteiger partial charge is 1.00 e. The number of nitro benzene ring substituents is 2. The summed E-state index contributed by atoms with van der Waals surface area (Å²) in [4.78, 5) is 20.5. The van der Waals surface area contributed by atoms with Gasteiger partial charge in [0.15, 0.2) is 11.5 Å². The number of halogens is 1. The van der Waals surface area contributed by atoms with Crippen molar-refractivity contribution < 1.29 is 26.3 Å². The summed E-state index contributed by atoms with van der Waals surface area (Å²) in [7, 11) is 0. The minimum atomic E-state index is -0.663. The number of nitro groups is 2. The van der Waals surface area contributed by atoms with Gasteiger partial charge in [-0.3, -0.25) is 20.2 Å². The van der Waals surface area contributed by atoms with Gasteiger partial charge in [0.05, 0.1) is 15.2 Å². The Balaban J connectivity index is 0.00000242. The summed E-state index contributed by atoms with van der Waals surface area (Å²) >= 11 is 1.21. The quantitative estimate of drug-likeness (QED) is 0.426. The van der Waals surface area contributed by atoms with Crippen LogP contribution in [0.1, 0.15) is 26.5 Å². The monoisotopic (exact) mass is 344 g/mol. The van der Waals surface area contributed by atoms with Crippen LogP contribution in [-0.2, 0) is 5.41 Å². The molecule has 22 heavy (non-hydrogen) atoms. The van der Waals surface area contributed by atoms with Gasteiger partial charge in [0, 0.05) is 26.7 Å². The first kappa shape index (κ1) is 17.9. The second-order valence-corrected chi connectivity index (χ2v) is 6.21. The molecule has 0 atom stereocenters. The second kappa shape index (κ2) is 6.32. The fourth-order valence-corrected chi connectivity index (χ4v) is 2.62. The van der Waals surface area contributed by atoms with Gasteiger partial charge in [-0.1, -0.05) is 20.8 Å². The van der Waals surface area contributed by atoms with E-state index in [2.05, 4.69) is 5.10 Å². The third-order valence-corrected chi connectivity index (χ3v) is 3.61. The average Bonchev–Trinajstić information content (AvgIpc) is 2.87.